The highest BCUT2D eigenvalue weighted by Gasteiger charge is 2.39. The van der Waals surface area contributed by atoms with Crippen LogP contribution in [-0.2, 0) is 19.0 Å². The van der Waals surface area contributed by atoms with E-state index in [-0.39, 0.29) is 12.1 Å². The first-order valence-electron chi connectivity index (χ1n) is 5.64. The lowest BCUT2D eigenvalue weighted by atomic mass is 10.0. The van der Waals surface area contributed by atoms with Gasteiger partial charge in [-0.2, -0.15) is 0 Å². The number of hydrogen-bond acceptors (Lipinski definition) is 5. The normalized spacial score (nSPS) is 28.5. The van der Waals surface area contributed by atoms with Crippen molar-refractivity contribution in [2.75, 3.05) is 13.2 Å². The van der Waals surface area contributed by atoms with Crippen molar-refractivity contribution in [3.8, 4) is 0 Å². The van der Waals surface area contributed by atoms with Crippen molar-refractivity contribution in [1.82, 2.24) is 0 Å². The van der Waals surface area contributed by atoms with Crippen LogP contribution >= 0.6 is 0 Å². The Kier molecular flexibility index (Phi) is 3.51. The van der Waals surface area contributed by atoms with Crippen LogP contribution in [-0.4, -0.2) is 37.1 Å². The molecule has 0 aromatic carbocycles. The maximum atomic E-state index is 11.1. The first kappa shape index (κ1) is 12.2. The molecule has 0 aliphatic carbocycles. The molecule has 0 saturated carbocycles. The summed E-state index contributed by atoms with van der Waals surface area (Å²) in [5.74, 6) is -0.986. The highest BCUT2D eigenvalue weighted by Crippen LogP contribution is 2.30. The van der Waals surface area contributed by atoms with Crippen LogP contribution in [0.5, 0.6) is 0 Å². The largest absolute Gasteiger partial charge is 0.462 e. The topological polar surface area (TPSA) is 93.5 Å². The summed E-state index contributed by atoms with van der Waals surface area (Å²) in [6.07, 6.45) is 0.997. The first-order chi connectivity index (χ1) is 8.13. The number of carbonyl (C=O) groups is 1. The second kappa shape index (κ2) is 4.91. The van der Waals surface area contributed by atoms with Crippen LogP contribution in [0.15, 0.2) is 5.11 Å². The molecule has 2 heterocycles. The lowest BCUT2D eigenvalue weighted by molar-refractivity contribution is -0.159. The SMILES string of the molecule is CC1(C[C@@H](N=[N+]=[N-])[C@@H]2CCC(=O)O2)OCCO1. The number of nitrogens with zero attached hydrogens (tertiary/aromatic N) is 3. The van der Waals surface area contributed by atoms with Crippen molar-refractivity contribution < 1.29 is 19.0 Å². The van der Waals surface area contributed by atoms with Gasteiger partial charge in [-0.3, -0.25) is 4.79 Å². The first-order valence-corrected chi connectivity index (χ1v) is 5.64. The zero-order chi connectivity index (χ0) is 12.3. The summed E-state index contributed by atoms with van der Waals surface area (Å²) in [4.78, 5) is 13.9. The van der Waals surface area contributed by atoms with E-state index >= 15 is 0 Å². The number of ether oxygens (including phenoxy) is 3. The number of hydrogen-bond donors (Lipinski definition) is 0. The lowest BCUT2D eigenvalue weighted by Gasteiger charge is -2.27. The molecule has 7 nitrogen and oxygen atoms in total. The van der Waals surface area contributed by atoms with Crippen LogP contribution < -0.4 is 0 Å². The Hall–Kier alpha value is -1.30. The van der Waals surface area contributed by atoms with E-state index in [0.29, 0.717) is 32.5 Å². The standard InChI is InChI=1S/C10H15N3O4/c1-10(15-4-5-16-10)6-7(12-13-11)8-2-3-9(14)17-8/h7-8H,2-6H2,1H3/t7-,8+/m1/s1. The Morgan fingerprint density at radius 2 is 2.29 bits per heavy atom. The van der Waals surface area contributed by atoms with Gasteiger partial charge in [0.25, 0.3) is 0 Å². The summed E-state index contributed by atoms with van der Waals surface area (Å²) in [6, 6.07) is -0.436. The molecular formula is C10H15N3O4. The maximum absolute atomic E-state index is 11.1. The Morgan fingerprint density at radius 3 is 2.82 bits per heavy atom. The van der Waals surface area contributed by atoms with Crippen molar-refractivity contribution in [3.05, 3.63) is 10.4 Å². The third kappa shape index (κ3) is 2.88. The van der Waals surface area contributed by atoms with E-state index < -0.39 is 11.8 Å². The Labute approximate surface area is 98.6 Å². The summed E-state index contributed by atoms with van der Waals surface area (Å²) in [7, 11) is 0. The van der Waals surface area contributed by atoms with Crippen molar-refractivity contribution in [2.45, 2.75) is 44.1 Å². The molecule has 2 saturated heterocycles. The van der Waals surface area contributed by atoms with Crippen LogP contribution in [0.4, 0.5) is 0 Å². The molecule has 7 heteroatoms. The number of esters is 1. The van der Waals surface area contributed by atoms with E-state index in [1.807, 2.05) is 0 Å². The number of rotatable bonds is 4. The van der Waals surface area contributed by atoms with Crippen LogP contribution in [0.1, 0.15) is 26.2 Å². The van der Waals surface area contributed by atoms with Gasteiger partial charge in [0.2, 0.25) is 0 Å². The summed E-state index contributed by atoms with van der Waals surface area (Å²) in [5, 5.41) is 3.69. The third-order valence-electron chi connectivity index (χ3n) is 3.02. The van der Waals surface area contributed by atoms with E-state index in [4.69, 9.17) is 19.7 Å². The van der Waals surface area contributed by atoms with Crippen molar-refractivity contribution in [3.63, 3.8) is 0 Å². The molecule has 2 aliphatic heterocycles. The molecule has 2 rings (SSSR count). The molecule has 94 valence electrons. The maximum Gasteiger partial charge on any atom is 0.306 e. The summed E-state index contributed by atoms with van der Waals surface area (Å²) < 4.78 is 16.0. The molecule has 0 radical (unpaired) electrons. The zero-order valence-corrected chi connectivity index (χ0v) is 9.66. The molecule has 0 N–H and O–H groups in total. The second-order valence-electron chi connectivity index (χ2n) is 4.37. The number of carbonyl (C=O) groups excluding carboxylic acids is 1. The fraction of sp³-hybridized carbons (Fsp3) is 0.900. The average molecular weight is 241 g/mol. The predicted molar refractivity (Wildman–Crippen MR) is 57.0 cm³/mol. The fourth-order valence-corrected chi connectivity index (χ4v) is 2.19. The molecule has 0 aromatic heterocycles. The molecule has 0 unspecified atom stereocenters. The molecular weight excluding hydrogens is 226 g/mol. The highest BCUT2D eigenvalue weighted by atomic mass is 16.7. The summed E-state index contributed by atoms with van der Waals surface area (Å²) in [5.41, 5.74) is 8.56. The minimum Gasteiger partial charge on any atom is -0.462 e. The Morgan fingerprint density at radius 1 is 1.59 bits per heavy atom. The van der Waals surface area contributed by atoms with Gasteiger partial charge in [-0.25, -0.2) is 0 Å². The molecule has 0 aromatic rings. The molecule has 0 bridgehead atoms. The average Bonchev–Trinajstić information content (AvgIpc) is 2.87. The van der Waals surface area contributed by atoms with Gasteiger partial charge in [0, 0.05) is 17.8 Å². The van der Waals surface area contributed by atoms with Gasteiger partial charge in [-0.05, 0) is 18.9 Å². The number of azide groups is 1. The second-order valence-corrected chi connectivity index (χ2v) is 4.37. The van der Waals surface area contributed by atoms with Gasteiger partial charge in [-0.15, -0.1) is 0 Å². The van der Waals surface area contributed by atoms with Crippen LogP contribution in [0.2, 0.25) is 0 Å². The van der Waals surface area contributed by atoms with E-state index in [1.165, 1.54) is 0 Å². The van der Waals surface area contributed by atoms with Crippen molar-refractivity contribution in [2.24, 2.45) is 5.11 Å². The molecule has 2 fully saturated rings. The summed E-state index contributed by atoms with van der Waals surface area (Å²) >= 11 is 0. The third-order valence-corrected chi connectivity index (χ3v) is 3.02. The van der Waals surface area contributed by atoms with Crippen molar-refractivity contribution in [1.29, 1.82) is 0 Å². The van der Waals surface area contributed by atoms with E-state index in [9.17, 15) is 4.79 Å². The quantitative estimate of drug-likeness (QED) is 0.323. The zero-order valence-electron chi connectivity index (χ0n) is 9.66. The Balaban J connectivity index is 2.01. The van der Waals surface area contributed by atoms with E-state index in [0.717, 1.165) is 0 Å². The van der Waals surface area contributed by atoms with Gasteiger partial charge >= 0.3 is 5.97 Å². The Bertz CT molecular complexity index is 347. The predicted octanol–water partition coefficient (Wildman–Crippen LogP) is 1.52. The molecule has 2 atom stereocenters. The van der Waals surface area contributed by atoms with Gasteiger partial charge in [0.15, 0.2) is 5.79 Å². The number of cyclic esters (lactones) is 1. The van der Waals surface area contributed by atoms with Gasteiger partial charge in [0.1, 0.15) is 6.10 Å². The van der Waals surface area contributed by atoms with Gasteiger partial charge in [-0.1, -0.05) is 5.11 Å². The van der Waals surface area contributed by atoms with Gasteiger partial charge in [0.05, 0.1) is 19.3 Å². The minimum atomic E-state index is -0.742. The minimum absolute atomic E-state index is 0.244. The van der Waals surface area contributed by atoms with Crippen LogP contribution in [0.25, 0.3) is 10.4 Å². The molecule has 17 heavy (non-hydrogen) atoms. The van der Waals surface area contributed by atoms with Crippen LogP contribution in [0, 0.1) is 0 Å². The van der Waals surface area contributed by atoms with E-state index in [1.54, 1.807) is 6.92 Å². The summed E-state index contributed by atoms with van der Waals surface area (Å²) in [6.45, 7) is 2.87. The molecule has 2 aliphatic rings. The van der Waals surface area contributed by atoms with Crippen molar-refractivity contribution >= 4 is 5.97 Å². The van der Waals surface area contributed by atoms with Gasteiger partial charge < -0.3 is 14.2 Å². The monoisotopic (exact) mass is 241 g/mol. The molecule has 0 spiro atoms. The lowest BCUT2D eigenvalue weighted by Crippen LogP contribution is -2.36. The fourth-order valence-electron chi connectivity index (χ4n) is 2.19. The van der Waals surface area contributed by atoms with Crippen LogP contribution in [0.3, 0.4) is 0 Å². The van der Waals surface area contributed by atoms with E-state index in [2.05, 4.69) is 10.0 Å². The molecule has 0 amide bonds. The highest BCUT2D eigenvalue weighted by molar-refractivity contribution is 5.71. The smallest absolute Gasteiger partial charge is 0.306 e.